The molecule has 2 rings (SSSR count). The van der Waals surface area contributed by atoms with Gasteiger partial charge in [-0.25, -0.2) is 0 Å². The number of hydrogen-bond donors (Lipinski definition) is 0. The molecule has 0 aliphatic heterocycles. The van der Waals surface area contributed by atoms with Crippen molar-refractivity contribution in [1.29, 1.82) is 0 Å². The second kappa shape index (κ2) is 4.85. The molecule has 5 heteroatoms. The van der Waals surface area contributed by atoms with Gasteiger partial charge in [-0.05, 0) is 12.1 Å². The van der Waals surface area contributed by atoms with Gasteiger partial charge in [-0.1, -0.05) is 0 Å². The quantitative estimate of drug-likeness (QED) is 0.818. The van der Waals surface area contributed by atoms with E-state index in [1.165, 1.54) is 11.3 Å². The number of methoxy groups -OCH3 is 2. The zero-order valence-corrected chi connectivity index (χ0v) is 9.71. The summed E-state index contributed by atoms with van der Waals surface area (Å²) < 4.78 is 15.8. The van der Waals surface area contributed by atoms with E-state index in [4.69, 9.17) is 14.2 Å². The van der Waals surface area contributed by atoms with Crippen LogP contribution in [0.5, 0.6) is 23.1 Å². The van der Waals surface area contributed by atoms with Gasteiger partial charge in [-0.15, -0.1) is 11.3 Å². The molecule has 0 amide bonds. The van der Waals surface area contributed by atoms with E-state index in [0.29, 0.717) is 23.1 Å². The molecule has 0 spiro atoms. The Labute approximate surface area is 97.4 Å². The van der Waals surface area contributed by atoms with Crippen molar-refractivity contribution < 1.29 is 14.2 Å². The van der Waals surface area contributed by atoms with Gasteiger partial charge in [0.15, 0.2) is 17.0 Å². The molecule has 1 heterocycles. The smallest absolute Gasteiger partial charge is 0.230 e. The first-order valence-electron chi connectivity index (χ1n) is 4.55. The van der Waals surface area contributed by atoms with Gasteiger partial charge in [0.05, 0.1) is 19.6 Å². The molecule has 0 atom stereocenters. The Morgan fingerprint density at radius 2 is 2.06 bits per heavy atom. The second-order valence-corrected chi connectivity index (χ2v) is 3.55. The van der Waals surface area contributed by atoms with Crippen molar-refractivity contribution in [2.45, 2.75) is 0 Å². The summed E-state index contributed by atoms with van der Waals surface area (Å²) in [6.07, 6.45) is 0. The molecule has 0 fully saturated rings. The van der Waals surface area contributed by atoms with Crippen LogP contribution < -0.4 is 14.2 Å². The minimum absolute atomic E-state index is 0.508. The number of benzene rings is 1. The highest BCUT2D eigenvalue weighted by molar-refractivity contribution is 7.07. The summed E-state index contributed by atoms with van der Waals surface area (Å²) in [5.41, 5.74) is 2.71. The molecule has 0 saturated heterocycles. The van der Waals surface area contributed by atoms with E-state index in [-0.39, 0.29) is 0 Å². The minimum Gasteiger partial charge on any atom is -0.497 e. The summed E-state index contributed by atoms with van der Waals surface area (Å²) in [6, 6.07) is 5.33. The molecule has 1 aromatic heterocycles. The van der Waals surface area contributed by atoms with Crippen molar-refractivity contribution in [2.75, 3.05) is 14.2 Å². The molecule has 0 aliphatic rings. The number of hydrogen-bond acceptors (Lipinski definition) is 5. The molecule has 2 aromatic rings. The molecule has 1 aromatic carbocycles. The Kier molecular flexibility index (Phi) is 3.26. The van der Waals surface area contributed by atoms with Crippen molar-refractivity contribution in [3.63, 3.8) is 0 Å². The molecule has 16 heavy (non-hydrogen) atoms. The van der Waals surface area contributed by atoms with E-state index in [2.05, 4.69) is 10.5 Å². The molecule has 0 N–H and O–H groups in total. The largest absolute Gasteiger partial charge is 0.497 e. The number of aromatic nitrogens is 1. The van der Waals surface area contributed by atoms with E-state index in [9.17, 15) is 0 Å². The van der Waals surface area contributed by atoms with Crippen molar-refractivity contribution in [2.24, 2.45) is 0 Å². The van der Waals surface area contributed by atoms with Crippen LogP contribution in [-0.4, -0.2) is 19.2 Å². The summed E-state index contributed by atoms with van der Waals surface area (Å²) in [4.78, 5) is 3.91. The van der Waals surface area contributed by atoms with Crippen LogP contribution in [0.3, 0.4) is 0 Å². The first-order chi connectivity index (χ1) is 7.83. The van der Waals surface area contributed by atoms with E-state index >= 15 is 0 Å². The maximum absolute atomic E-state index is 5.53. The number of rotatable bonds is 4. The highest BCUT2D eigenvalue weighted by Crippen LogP contribution is 2.34. The van der Waals surface area contributed by atoms with Crippen LogP contribution in [0.25, 0.3) is 0 Å². The standard InChI is InChI=1S/C11H10NO3S/c1-13-8-3-4-9(10(5-8)14-2)15-11-6-16-7-12-11/h3-6H,1-2H3. The number of thiazole rings is 1. The Morgan fingerprint density at radius 3 is 2.69 bits per heavy atom. The van der Waals surface area contributed by atoms with Gasteiger partial charge >= 0.3 is 0 Å². The van der Waals surface area contributed by atoms with Gasteiger partial charge in [0.1, 0.15) is 5.75 Å². The molecule has 1 radical (unpaired) electrons. The van der Waals surface area contributed by atoms with Crippen LogP contribution in [0.4, 0.5) is 0 Å². The van der Waals surface area contributed by atoms with Gasteiger partial charge in [-0.2, -0.15) is 4.98 Å². The summed E-state index contributed by atoms with van der Waals surface area (Å²) in [7, 11) is 3.18. The Hall–Kier alpha value is -1.75. The normalized spacial score (nSPS) is 9.88. The lowest BCUT2D eigenvalue weighted by Crippen LogP contribution is -1.91. The average molecular weight is 236 g/mol. The van der Waals surface area contributed by atoms with Crippen LogP contribution in [-0.2, 0) is 0 Å². The highest BCUT2D eigenvalue weighted by atomic mass is 32.1. The zero-order valence-electron chi connectivity index (χ0n) is 8.89. The lowest BCUT2D eigenvalue weighted by molar-refractivity contribution is 0.366. The lowest BCUT2D eigenvalue weighted by Gasteiger charge is -2.09. The van der Waals surface area contributed by atoms with Gasteiger partial charge < -0.3 is 14.2 Å². The van der Waals surface area contributed by atoms with Crippen molar-refractivity contribution in [3.05, 3.63) is 29.1 Å². The van der Waals surface area contributed by atoms with Crippen LogP contribution in [0.1, 0.15) is 0 Å². The fraction of sp³-hybridized carbons (Fsp3) is 0.182. The summed E-state index contributed by atoms with van der Waals surface area (Å²) in [5, 5.41) is 1.77. The molecular formula is C11H10NO3S. The van der Waals surface area contributed by atoms with E-state index < -0.39 is 0 Å². The van der Waals surface area contributed by atoms with E-state index in [0.717, 1.165) is 0 Å². The first kappa shape index (κ1) is 10.8. The van der Waals surface area contributed by atoms with Gasteiger partial charge in [-0.3, -0.25) is 0 Å². The third kappa shape index (κ3) is 2.25. The van der Waals surface area contributed by atoms with Gasteiger partial charge in [0.2, 0.25) is 5.88 Å². The fourth-order valence-corrected chi connectivity index (χ4v) is 1.59. The summed E-state index contributed by atoms with van der Waals surface area (Å²) in [5.74, 6) is 2.43. The second-order valence-electron chi connectivity index (χ2n) is 2.90. The highest BCUT2D eigenvalue weighted by Gasteiger charge is 2.08. The van der Waals surface area contributed by atoms with Crippen molar-refractivity contribution >= 4 is 11.3 Å². The van der Waals surface area contributed by atoms with Crippen LogP contribution in [0.15, 0.2) is 23.6 Å². The first-order valence-corrected chi connectivity index (χ1v) is 5.43. The van der Waals surface area contributed by atoms with Crippen LogP contribution >= 0.6 is 11.3 Å². The Bertz CT molecular complexity index is 456. The molecule has 83 valence electrons. The van der Waals surface area contributed by atoms with Gasteiger partial charge in [0, 0.05) is 6.07 Å². The summed E-state index contributed by atoms with van der Waals surface area (Å²) >= 11 is 1.35. The zero-order chi connectivity index (χ0) is 11.4. The van der Waals surface area contributed by atoms with Crippen molar-refractivity contribution in [3.8, 4) is 23.1 Å². The number of nitrogens with zero attached hydrogens (tertiary/aromatic N) is 1. The topological polar surface area (TPSA) is 40.6 Å². The SMILES string of the molecule is COc1ccc(Oc2cs[c]n2)c(OC)c1. The molecule has 0 unspecified atom stereocenters. The number of ether oxygens (including phenoxy) is 3. The minimum atomic E-state index is 0.508. The van der Waals surface area contributed by atoms with E-state index in [1.54, 1.807) is 37.8 Å². The van der Waals surface area contributed by atoms with Gasteiger partial charge in [0.25, 0.3) is 0 Å². The molecule has 0 aliphatic carbocycles. The predicted molar refractivity (Wildman–Crippen MR) is 60.6 cm³/mol. The third-order valence-electron chi connectivity index (χ3n) is 1.95. The molecule has 0 saturated carbocycles. The third-order valence-corrected chi connectivity index (χ3v) is 2.47. The monoisotopic (exact) mass is 236 g/mol. The Balaban J connectivity index is 2.26. The molecule has 4 nitrogen and oxygen atoms in total. The molecule has 0 bridgehead atoms. The molecular weight excluding hydrogens is 226 g/mol. The lowest BCUT2D eigenvalue weighted by atomic mass is 10.3. The summed E-state index contributed by atoms with van der Waals surface area (Å²) in [6.45, 7) is 0. The maximum Gasteiger partial charge on any atom is 0.230 e. The fourth-order valence-electron chi connectivity index (χ4n) is 1.19. The van der Waals surface area contributed by atoms with Crippen molar-refractivity contribution in [1.82, 2.24) is 4.98 Å². The maximum atomic E-state index is 5.53. The van der Waals surface area contributed by atoms with E-state index in [1.807, 2.05) is 0 Å². The van der Waals surface area contributed by atoms with Crippen LogP contribution in [0, 0.1) is 5.51 Å². The average Bonchev–Trinajstić information content (AvgIpc) is 2.82. The van der Waals surface area contributed by atoms with Crippen LogP contribution in [0.2, 0.25) is 0 Å². The predicted octanol–water partition coefficient (Wildman–Crippen LogP) is 2.75. The Morgan fingerprint density at radius 1 is 1.19 bits per heavy atom.